The van der Waals surface area contributed by atoms with Crippen LogP contribution in [0, 0.1) is 6.92 Å². The quantitative estimate of drug-likeness (QED) is 0.770. The molecule has 1 aromatic rings. The van der Waals surface area contributed by atoms with Crippen LogP contribution in [-0.4, -0.2) is 15.0 Å². The molecule has 0 aliphatic carbocycles. The Morgan fingerprint density at radius 1 is 1.47 bits per heavy atom. The Morgan fingerprint density at radius 2 is 2.20 bits per heavy atom. The van der Waals surface area contributed by atoms with Crippen molar-refractivity contribution in [1.29, 1.82) is 0 Å². The summed E-state index contributed by atoms with van der Waals surface area (Å²) in [5, 5.41) is 8.09. The normalized spacial score (nSPS) is 25.6. The van der Waals surface area contributed by atoms with Crippen molar-refractivity contribution in [2.75, 3.05) is 0 Å². The SMILES string of the molecule is Cc1ccn(C2(C)N=C(Cl)C=C(Cl)N2)n1. The lowest BCUT2D eigenvalue weighted by Gasteiger charge is -2.30. The van der Waals surface area contributed by atoms with E-state index >= 15 is 0 Å². The molecule has 80 valence electrons. The van der Waals surface area contributed by atoms with E-state index in [0.717, 1.165) is 5.69 Å². The van der Waals surface area contributed by atoms with E-state index in [1.807, 2.05) is 26.1 Å². The number of nitrogens with one attached hydrogen (secondary N) is 1. The van der Waals surface area contributed by atoms with Gasteiger partial charge in [0.25, 0.3) is 0 Å². The molecule has 0 saturated carbocycles. The summed E-state index contributed by atoms with van der Waals surface area (Å²) in [4.78, 5) is 4.26. The number of aliphatic imine (C=N–C) groups is 1. The van der Waals surface area contributed by atoms with Crippen LogP contribution < -0.4 is 5.32 Å². The topological polar surface area (TPSA) is 42.2 Å². The molecule has 2 heterocycles. The summed E-state index contributed by atoms with van der Waals surface area (Å²) in [6.45, 7) is 3.75. The Bertz CT molecular complexity index is 449. The molecule has 1 N–H and O–H groups in total. The molecule has 1 aliphatic heterocycles. The van der Waals surface area contributed by atoms with Crippen LogP contribution in [0.4, 0.5) is 0 Å². The third-order valence-corrected chi connectivity index (χ3v) is 2.49. The van der Waals surface area contributed by atoms with Gasteiger partial charge in [0, 0.05) is 19.2 Å². The molecular weight excluding hydrogens is 235 g/mol. The van der Waals surface area contributed by atoms with Gasteiger partial charge in [0.1, 0.15) is 10.3 Å². The van der Waals surface area contributed by atoms with Gasteiger partial charge in [-0.05, 0) is 13.0 Å². The van der Waals surface area contributed by atoms with Crippen LogP contribution in [0.5, 0.6) is 0 Å². The van der Waals surface area contributed by atoms with Crippen molar-refractivity contribution in [3.8, 4) is 0 Å². The standard InChI is InChI=1S/C9H10Cl2N4/c1-6-3-4-15(14-6)9(2)12-7(10)5-8(11)13-9/h3-5,12H,1-2H3. The molecule has 1 aromatic heterocycles. The molecule has 1 unspecified atom stereocenters. The highest BCUT2D eigenvalue weighted by atomic mass is 35.5. The lowest BCUT2D eigenvalue weighted by molar-refractivity contribution is 0.256. The molecule has 0 bridgehead atoms. The fourth-order valence-corrected chi connectivity index (χ4v) is 2.01. The average Bonchev–Trinajstić information content (AvgIpc) is 2.49. The molecule has 0 saturated heterocycles. The molecule has 1 aliphatic rings. The van der Waals surface area contributed by atoms with Gasteiger partial charge < -0.3 is 5.32 Å². The lowest BCUT2D eigenvalue weighted by atomic mass is 10.3. The fraction of sp³-hybridized carbons (Fsp3) is 0.333. The summed E-state index contributed by atoms with van der Waals surface area (Å²) in [5.74, 6) is -0.753. The van der Waals surface area contributed by atoms with Crippen molar-refractivity contribution in [1.82, 2.24) is 15.1 Å². The van der Waals surface area contributed by atoms with Gasteiger partial charge in [-0.25, -0.2) is 9.67 Å². The summed E-state index contributed by atoms with van der Waals surface area (Å²) in [6.07, 6.45) is 3.38. The van der Waals surface area contributed by atoms with Crippen molar-refractivity contribution in [3.63, 3.8) is 0 Å². The summed E-state index contributed by atoms with van der Waals surface area (Å²) in [7, 11) is 0. The van der Waals surface area contributed by atoms with E-state index in [4.69, 9.17) is 23.2 Å². The van der Waals surface area contributed by atoms with Gasteiger partial charge in [-0.15, -0.1) is 0 Å². The summed E-state index contributed by atoms with van der Waals surface area (Å²) in [5.41, 5.74) is 0.912. The minimum absolute atomic E-state index is 0.356. The highest BCUT2D eigenvalue weighted by Gasteiger charge is 2.29. The van der Waals surface area contributed by atoms with Gasteiger partial charge >= 0.3 is 0 Å². The Morgan fingerprint density at radius 3 is 2.73 bits per heavy atom. The zero-order valence-corrected chi connectivity index (χ0v) is 9.84. The Kier molecular flexibility index (Phi) is 2.48. The first kappa shape index (κ1) is 10.5. The van der Waals surface area contributed by atoms with E-state index in [2.05, 4.69) is 15.4 Å². The summed E-state index contributed by atoms with van der Waals surface area (Å²) >= 11 is 11.8. The smallest absolute Gasteiger partial charge is 0.225 e. The van der Waals surface area contributed by atoms with E-state index in [9.17, 15) is 0 Å². The molecule has 0 amide bonds. The number of nitrogens with zero attached hydrogens (tertiary/aromatic N) is 3. The van der Waals surface area contributed by atoms with Crippen molar-refractivity contribution in [2.45, 2.75) is 19.6 Å². The van der Waals surface area contributed by atoms with Crippen molar-refractivity contribution in [3.05, 3.63) is 29.2 Å². The fourth-order valence-electron chi connectivity index (χ4n) is 1.40. The number of allylic oxidation sites excluding steroid dienone is 1. The number of rotatable bonds is 1. The van der Waals surface area contributed by atoms with E-state index < -0.39 is 5.79 Å². The van der Waals surface area contributed by atoms with Crippen LogP contribution in [0.3, 0.4) is 0 Å². The molecule has 0 fully saturated rings. The first-order chi connectivity index (χ1) is 6.99. The molecule has 2 rings (SSSR count). The van der Waals surface area contributed by atoms with Crippen molar-refractivity contribution in [2.24, 2.45) is 4.99 Å². The second-order valence-corrected chi connectivity index (χ2v) is 4.27. The molecular formula is C9H10Cl2N4. The second kappa shape index (κ2) is 3.54. The maximum atomic E-state index is 5.90. The van der Waals surface area contributed by atoms with E-state index in [1.165, 1.54) is 0 Å². The zero-order chi connectivity index (χ0) is 11.1. The van der Waals surface area contributed by atoms with E-state index in [-0.39, 0.29) is 0 Å². The third-order valence-electron chi connectivity index (χ3n) is 2.10. The Hall–Kier alpha value is -1.00. The maximum Gasteiger partial charge on any atom is 0.225 e. The zero-order valence-electron chi connectivity index (χ0n) is 8.33. The molecule has 0 spiro atoms. The molecule has 0 aromatic carbocycles. The minimum atomic E-state index is -0.753. The summed E-state index contributed by atoms with van der Waals surface area (Å²) in [6, 6.07) is 1.89. The van der Waals surface area contributed by atoms with Gasteiger partial charge in [0.05, 0.1) is 5.69 Å². The third kappa shape index (κ3) is 2.01. The van der Waals surface area contributed by atoms with Crippen LogP contribution >= 0.6 is 23.2 Å². The van der Waals surface area contributed by atoms with Crippen molar-refractivity contribution < 1.29 is 0 Å². The Balaban J connectivity index is 2.41. The van der Waals surface area contributed by atoms with Crippen LogP contribution in [0.25, 0.3) is 0 Å². The van der Waals surface area contributed by atoms with Crippen LogP contribution in [-0.2, 0) is 5.79 Å². The first-order valence-electron chi connectivity index (χ1n) is 4.43. The van der Waals surface area contributed by atoms with Gasteiger partial charge in [-0.3, -0.25) is 0 Å². The number of hydrogen-bond donors (Lipinski definition) is 1. The van der Waals surface area contributed by atoms with E-state index in [0.29, 0.717) is 10.3 Å². The molecule has 4 nitrogen and oxygen atoms in total. The van der Waals surface area contributed by atoms with Gasteiger partial charge in [0.15, 0.2) is 0 Å². The highest BCUT2D eigenvalue weighted by Crippen LogP contribution is 2.22. The maximum absolute atomic E-state index is 5.90. The highest BCUT2D eigenvalue weighted by molar-refractivity contribution is 6.69. The molecule has 15 heavy (non-hydrogen) atoms. The lowest BCUT2D eigenvalue weighted by Crippen LogP contribution is -2.44. The first-order valence-corrected chi connectivity index (χ1v) is 5.19. The number of aromatic nitrogens is 2. The van der Waals surface area contributed by atoms with E-state index in [1.54, 1.807) is 10.8 Å². The van der Waals surface area contributed by atoms with Gasteiger partial charge in [0.2, 0.25) is 5.79 Å². The van der Waals surface area contributed by atoms with Gasteiger partial charge in [-0.1, -0.05) is 23.2 Å². The number of hydrogen-bond acceptors (Lipinski definition) is 3. The minimum Gasteiger partial charge on any atom is -0.333 e. The largest absolute Gasteiger partial charge is 0.333 e. The van der Waals surface area contributed by atoms with Crippen LogP contribution in [0.2, 0.25) is 0 Å². The van der Waals surface area contributed by atoms with Crippen LogP contribution in [0.15, 0.2) is 28.5 Å². The molecule has 6 heteroatoms. The second-order valence-electron chi connectivity index (χ2n) is 3.47. The number of halogens is 2. The van der Waals surface area contributed by atoms with Crippen LogP contribution in [0.1, 0.15) is 12.6 Å². The molecule has 1 atom stereocenters. The predicted molar refractivity (Wildman–Crippen MR) is 61.0 cm³/mol. The number of aryl methyl sites for hydroxylation is 1. The monoisotopic (exact) mass is 244 g/mol. The molecule has 0 radical (unpaired) electrons. The Labute approximate surface area is 97.6 Å². The average molecular weight is 245 g/mol. The van der Waals surface area contributed by atoms with Crippen molar-refractivity contribution >= 4 is 28.4 Å². The van der Waals surface area contributed by atoms with Gasteiger partial charge in [-0.2, -0.15) is 5.10 Å². The summed E-state index contributed by atoms with van der Waals surface area (Å²) < 4.78 is 1.68. The predicted octanol–water partition coefficient (Wildman–Crippen LogP) is 2.14.